The van der Waals surface area contributed by atoms with Crippen LogP contribution in [0.1, 0.15) is 26.3 Å². The predicted octanol–water partition coefficient (Wildman–Crippen LogP) is 3.64. The van der Waals surface area contributed by atoms with Crippen molar-refractivity contribution in [3.8, 4) is 17.0 Å². The number of piperazine rings is 1. The fourth-order valence-corrected chi connectivity index (χ4v) is 5.85. The highest BCUT2D eigenvalue weighted by molar-refractivity contribution is 5.84. The van der Waals surface area contributed by atoms with Crippen LogP contribution >= 0.6 is 0 Å². The first-order valence-corrected chi connectivity index (χ1v) is 14.4. The summed E-state index contributed by atoms with van der Waals surface area (Å²) in [4.78, 5) is 39.3. The number of ether oxygens (including phenoxy) is 3. The maximum atomic E-state index is 13.1. The standard InChI is InChI=1S/C31H34F2N6O5/c1-19-16-37(11-12-38(19)29(41)26-18-42-31(2,3)44-26)27-15-34-23(14-35-27)20-9-10-22-24(13-20)39(36(4)28(22)40)17-21-7-5-6-8-25(21)43-30(32)33/h5-10,13-15,19,26,30H,11-12,16-18H2,1-4H3/t19-,26-/m1/s1. The summed E-state index contributed by atoms with van der Waals surface area (Å²) < 4.78 is 45.2. The molecule has 0 aliphatic carbocycles. The third-order valence-corrected chi connectivity index (χ3v) is 8.12. The Labute approximate surface area is 252 Å². The lowest BCUT2D eigenvalue weighted by Gasteiger charge is -2.41. The summed E-state index contributed by atoms with van der Waals surface area (Å²) in [5.41, 5.74) is 2.30. The molecule has 2 aliphatic heterocycles. The molecule has 2 fully saturated rings. The number of rotatable bonds is 7. The quantitative estimate of drug-likeness (QED) is 0.314. The second-order valence-corrected chi connectivity index (χ2v) is 11.5. The minimum absolute atomic E-state index is 0.0544. The number of alkyl halides is 2. The molecule has 2 aromatic heterocycles. The molecule has 11 nitrogen and oxygen atoms in total. The summed E-state index contributed by atoms with van der Waals surface area (Å²) in [5.74, 6) is -0.0763. The van der Waals surface area contributed by atoms with Crippen LogP contribution in [-0.4, -0.2) is 80.9 Å². The van der Waals surface area contributed by atoms with Gasteiger partial charge in [-0.2, -0.15) is 8.78 Å². The lowest BCUT2D eigenvalue weighted by Crippen LogP contribution is -2.57. The van der Waals surface area contributed by atoms with E-state index in [1.165, 1.54) is 10.7 Å². The third-order valence-electron chi connectivity index (χ3n) is 8.12. The van der Waals surface area contributed by atoms with Crippen LogP contribution in [0.5, 0.6) is 5.75 Å². The number of hydrogen-bond acceptors (Lipinski definition) is 8. The maximum Gasteiger partial charge on any atom is 0.387 e. The van der Waals surface area contributed by atoms with Gasteiger partial charge in [0.25, 0.3) is 11.5 Å². The van der Waals surface area contributed by atoms with Crippen LogP contribution in [0.3, 0.4) is 0 Å². The molecule has 44 heavy (non-hydrogen) atoms. The Morgan fingerprint density at radius 1 is 1.14 bits per heavy atom. The zero-order valence-electron chi connectivity index (χ0n) is 24.9. The van der Waals surface area contributed by atoms with Crippen molar-refractivity contribution in [2.75, 3.05) is 31.1 Å². The number of benzene rings is 2. The first-order chi connectivity index (χ1) is 21.0. The van der Waals surface area contributed by atoms with Gasteiger partial charge in [-0.15, -0.1) is 0 Å². The second-order valence-electron chi connectivity index (χ2n) is 11.5. The van der Waals surface area contributed by atoms with Gasteiger partial charge < -0.3 is 24.0 Å². The summed E-state index contributed by atoms with van der Waals surface area (Å²) in [6.45, 7) is 4.75. The van der Waals surface area contributed by atoms with Crippen LogP contribution in [0.25, 0.3) is 22.2 Å². The molecule has 2 aliphatic rings. The van der Waals surface area contributed by atoms with E-state index in [1.54, 1.807) is 62.2 Å². The van der Waals surface area contributed by atoms with Crippen LogP contribution in [0.15, 0.2) is 59.7 Å². The van der Waals surface area contributed by atoms with Crippen molar-refractivity contribution >= 4 is 22.6 Å². The highest BCUT2D eigenvalue weighted by Gasteiger charge is 2.41. The molecular formula is C31H34F2N6O5. The summed E-state index contributed by atoms with van der Waals surface area (Å²) in [6, 6.07) is 11.9. The van der Waals surface area contributed by atoms with E-state index >= 15 is 0 Å². The van der Waals surface area contributed by atoms with Crippen LogP contribution < -0.4 is 15.2 Å². The van der Waals surface area contributed by atoms with Crippen molar-refractivity contribution in [3.63, 3.8) is 0 Å². The average Bonchev–Trinajstić information content (AvgIpc) is 3.48. The number of aromatic nitrogens is 4. The van der Waals surface area contributed by atoms with E-state index in [0.29, 0.717) is 47.6 Å². The molecule has 13 heteroatoms. The number of anilines is 1. The maximum absolute atomic E-state index is 13.1. The molecule has 0 spiro atoms. The van der Waals surface area contributed by atoms with Crippen molar-refractivity contribution in [2.45, 2.75) is 51.9 Å². The zero-order valence-corrected chi connectivity index (χ0v) is 24.9. The Morgan fingerprint density at radius 2 is 1.93 bits per heavy atom. The van der Waals surface area contributed by atoms with Gasteiger partial charge in [0, 0.05) is 43.9 Å². The van der Waals surface area contributed by atoms with Crippen molar-refractivity contribution in [2.24, 2.45) is 7.05 Å². The van der Waals surface area contributed by atoms with Crippen molar-refractivity contribution < 1.29 is 27.8 Å². The van der Waals surface area contributed by atoms with Crippen LogP contribution in [0, 0.1) is 0 Å². The Kier molecular flexibility index (Phi) is 7.84. The van der Waals surface area contributed by atoms with Crippen LogP contribution in [0.4, 0.5) is 14.6 Å². The van der Waals surface area contributed by atoms with E-state index in [1.807, 2.05) is 24.0 Å². The molecule has 0 saturated carbocycles. The molecule has 4 aromatic rings. The van der Waals surface area contributed by atoms with Crippen molar-refractivity contribution in [1.82, 2.24) is 24.2 Å². The van der Waals surface area contributed by atoms with E-state index in [0.717, 1.165) is 5.56 Å². The largest absolute Gasteiger partial charge is 0.434 e. The molecule has 1 amide bonds. The predicted molar refractivity (Wildman–Crippen MR) is 159 cm³/mol. The molecule has 2 aromatic carbocycles. The van der Waals surface area contributed by atoms with Gasteiger partial charge in [0.2, 0.25) is 0 Å². The fraction of sp³-hybridized carbons (Fsp3) is 0.419. The Hall–Kier alpha value is -4.36. The Morgan fingerprint density at radius 3 is 2.61 bits per heavy atom. The first-order valence-electron chi connectivity index (χ1n) is 14.4. The number of para-hydroxylation sites is 1. The van der Waals surface area contributed by atoms with Crippen molar-refractivity contribution in [1.29, 1.82) is 0 Å². The van der Waals surface area contributed by atoms with E-state index < -0.39 is 18.5 Å². The first kappa shape index (κ1) is 29.7. The summed E-state index contributed by atoms with van der Waals surface area (Å²) in [7, 11) is 1.64. The second kappa shape index (κ2) is 11.6. The zero-order chi connectivity index (χ0) is 31.2. The SMILES string of the molecule is C[C@@H]1CN(c2cnc(-c3ccc4c(=O)n(C)n(Cc5ccccc5OC(F)F)c4c3)cn2)CCN1C(=O)[C@H]1COC(C)(C)O1. The lowest BCUT2D eigenvalue weighted by atomic mass is 10.1. The molecule has 2 saturated heterocycles. The molecule has 0 N–H and O–H groups in total. The van der Waals surface area contributed by atoms with Crippen LogP contribution in [-0.2, 0) is 27.9 Å². The number of nitrogens with zero attached hydrogens (tertiary/aromatic N) is 6. The topological polar surface area (TPSA) is 104 Å². The van der Waals surface area contributed by atoms with Gasteiger partial charge in [-0.05, 0) is 39.0 Å². The molecule has 0 unspecified atom stereocenters. The summed E-state index contributed by atoms with van der Waals surface area (Å²) >= 11 is 0. The third kappa shape index (κ3) is 5.76. The van der Waals surface area contributed by atoms with Gasteiger partial charge >= 0.3 is 6.61 Å². The van der Waals surface area contributed by atoms with Crippen LogP contribution in [0.2, 0.25) is 0 Å². The number of carbonyl (C=O) groups is 1. The number of halogens is 2. The van der Waals surface area contributed by atoms with Gasteiger partial charge in [0.05, 0.1) is 42.1 Å². The normalized spacial score (nSPS) is 20.1. The van der Waals surface area contributed by atoms with E-state index in [9.17, 15) is 18.4 Å². The van der Waals surface area contributed by atoms with E-state index in [2.05, 4.69) is 14.9 Å². The van der Waals surface area contributed by atoms with E-state index in [-0.39, 0.29) is 36.4 Å². The van der Waals surface area contributed by atoms with Gasteiger partial charge in [0.15, 0.2) is 11.9 Å². The number of fused-ring (bicyclic) bond motifs is 1. The number of carbonyl (C=O) groups excluding carboxylic acids is 1. The van der Waals surface area contributed by atoms with Gasteiger partial charge in [-0.25, -0.2) is 4.98 Å². The molecule has 232 valence electrons. The summed E-state index contributed by atoms with van der Waals surface area (Å²) in [5, 5.41) is 0.493. The molecule has 0 radical (unpaired) electrons. The molecule has 6 rings (SSSR count). The highest BCUT2D eigenvalue weighted by atomic mass is 19.3. The number of hydrogen-bond donors (Lipinski definition) is 0. The average molecular weight is 609 g/mol. The van der Waals surface area contributed by atoms with Crippen molar-refractivity contribution in [3.05, 3.63) is 70.8 Å². The van der Waals surface area contributed by atoms with Gasteiger partial charge in [-0.1, -0.05) is 24.3 Å². The number of amides is 1. The Bertz CT molecular complexity index is 1740. The Balaban J connectivity index is 1.19. The smallest absolute Gasteiger partial charge is 0.387 e. The molecule has 2 atom stereocenters. The molecular weight excluding hydrogens is 574 g/mol. The lowest BCUT2D eigenvalue weighted by molar-refractivity contribution is -0.161. The minimum Gasteiger partial charge on any atom is -0.434 e. The van der Waals surface area contributed by atoms with E-state index in [4.69, 9.17) is 14.2 Å². The molecule has 4 heterocycles. The monoisotopic (exact) mass is 608 g/mol. The highest BCUT2D eigenvalue weighted by Crippen LogP contribution is 2.28. The fourth-order valence-electron chi connectivity index (χ4n) is 5.85. The molecule has 0 bridgehead atoms. The summed E-state index contributed by atoms with van der Waals surface area (Å²) in [6.07, 6.45) is 2.79. The minimum atomic E-state index is -2.96. The van der Waals surface area contributed by atoms with Gasteiger partial charge in [-0.3, -0.25) is 23.9 Å². The van der Waals surface area contributed by atoms with Gasteiger partial charge in [0.1, 0.15) is 11.6 Å².